The third-order valence-electron chi connectivity index (χ3n) is 4.83. The number of rotatable bonds is 3. The first-order valence-corrected chi connectivity index (χ1v) is 8.61. The maximum Gasteiger partial charge on any atom is 0.0414 e. The van der Waals surface area contributed by atoms with Gasteiger partial charge in [0.05, 0.1) is 0 Å². The Morgan fingerprint density at radius 2 is 1.28 bits per heavy atom. The molecule has 0 amide bonds. The van der Waals surface area contributed by atoms with Crippen LogP contribution in [0.5, 0.6) is 0 Å². The van der Waals surface area contributed by atoms with Gasteiger partial charge in [-0.15, -0.1) is 0 Å². The summed E-state index contributed by atoms with van der Waals surface area (Å²) in [4.78, 5) is 2.23. The van der Waals surface area contributed by atoms with Crippen LogP contribution in [0.4, 0.5) is 11.4 Å². The van der Waals surface area contributed by atoms with Crippen molar-refractivity contribution in [3.05, 3.63) is 96.6 Å². The Bertz CT molecular complexity index is 1000. The Kier molecular flexibility index (Phi) is 3.99. The largest absolute Gasteiger partial charge is 0.345 e. The molecule has 0 fully saturated rings. The van der Waals surface area contributed by atoms with Gasteiger partial charge in [0.1, 0.15) is 0 Å². The van der Waals surface area contributed by atoms with Crippen molar-refractivity contribution in [3.63, 3.8) is 0 Å². The molecule has 0 radical (unpaired) electrons. The number of aryl methyl sites for hydroxylation is 1. The second-order valence-electron chi connectivity index (χ2n) is 6.45. The van der Waals surface area contributed by atoms with Crippen molar-refractivity contribution >= 4 is 22.1 Å². The molecular formula is C24H21N. The van der Waals surface area contributed by atoms with Crippen LogP contribution in [-0.2, 0) is 0 Å². The minimum Gasteiger partial charge on any atom is -0.345 e. The molecule has 0 heterocycles. The van der Waals surface area contributed by atoms with Gasteiger partial charge in [-0.05, 0) is 58.7 Å². The van der Waals surface area contributed by atoms with Gasteiger partial charge in [0.25, 0.3) is 0 Å². The molecule has 4 aromatic carbocycles. The summed E-state index contributed by atoms with van der Waals surface area (Å²) in [6.45, 7) is 2.16. The number of hydrogen-bond donors (Lipinski definition) is 0. The molecule has 4 aromatic rings. The van der Waals surface area contributed by atoms with Crippen molar-refractivity contribution in [2.45, 2.75) is 6.92 Å². The SMILES string of the molecule is Cc1cccc2cc(N(C)c3ccc(-c4ccccc4)cc3)ccc12. The summed E-state index contributed by atoms with van der Waals surface area (Å²) in [5.74, 6) is 0. The van der Waals surface area contributed by atoms with Gasteiger partial charge in [0.15, 0.2) is 0 Å². The van der Waals surface area contributed by atoms with Gasteiger partial charge in [-0.3, -0.25) is 0 Å². The molecule has 0 spiro atoms. The normalized spacial score (nSPS) is 10.8. The molecule has 0 unspecified atom stereocenters. The average Bonchev–Trinajstić information content (AvgIpc) is 2.68. The van der Waals surface area contributed by atoms with Crippen LogP contribution in [0.1, 0.15) is 5.56 Å². The maximum absolute atomic E-state index is 2.26. The van der Waals surface area contributed by atoms with E-state index in [1.807, 2.05) is 6.07 Å². The van der Waals surface area contributed by atoms with Crippen molar-refractivity contribution in [2.24, 2.45) is 0 Å². The van der Waals surface area contributed by atoms with E-state index in [2.05, 4.69) is 104 Å². The van der Waals surface area contributed by atoms with Crippen LogP contribution in [0.25, 0.3) is 21.9 Å². The molecule has 1 nitrogen and oxygen atoms in total. The molecule has 0 saturated carbocycles. The summed E-state index contributed by atoms with van der Waals surface area (Å²) in [7, 11) is 2.12. The fourth-order valence-electron chi connectivity index (χ4n) is 3.30. The van der Waals surface area contributed by atoms with Crippen LogP contribution in [0.15, 0.2) is 91.0 Å². The van der Waals surface area contributed by atoms with Gasteiger partial charge in [-0.1, -0.05) is 66.7 Å². The van der Waals surface area contributed by atoms with Crippen LogP contribution in [0.3, 0.4) is 0 Å². The van der Waals surface area contributed by atoms with Gasteiger partial charge in [-0.25, -0.2) is 0 Å². The zero-order chi connectivity index (χ0) is 17.2. The molecule has 25 heavy (non-hydrogen) atoms. The molecule has 0 saturated heterocycles. The highest BCUT2D eigenvalue weighted by Gasteiger charge is 2.06. The molecule has 0 N–H and O–H groups in total. The van der Waals surface area contributed by atoms with Crippen molar-refractivity contribution in [3.8, 4) is 11.1 Å². The lowest BCUT2D eigenvalue weighted by Gasteiger charge is -2.20. The standard InChI is InChI=1S/C24H21N/c1-18-7-6-10-21-17-23(15-16-24(18)21)25(2)22-13-11-20(12-14-22)19-8-4-3-5-9-19/h3-17H,1-2H3. The molecular weight excluding hydrogens is 302 g/mol. The summed E-state index contributed by atoms with van der Waals surface area (Å²) in [5.41, 5.74) is 6.20. The van der Waals surface area contributed by atoms with Crippen molar-refractivity contribution in [1.82, 2.24) is 0 Å². The molecule has 0 atom stereocenters. The van der Waals surface area contributed by atoms with Gasteiger partial charge >= 0.3 is 0 Å². The summed E-state index contributed by atoms with van der Waals surface area (Å²) in [5, 5.41) is 2.60. The minimum atomic E-state index is 1.19. The molecule has 0 aliphatic rings. The van der Waals surface area contributed by atoms with Gasteiger partial charge < -0.3 is 4.90 Å². The van der Waals surface area contributed by atoms with E-state index in [0.717, 1.165) is 0 Å². The Balaban J connectivity index is 1.65. The van der Waals surface area contributed by atoms with Gasteiger partial charge in [0.2, 0.25) is 0 Å². The van der Waals surface area contributed by atoms with Crippen LogP contribution >= 0.6 is 0 Å². The van der Waals surface area contributed by atoms with Crippen LogP contribution in [0, 0.1) is 6.92 Å². The molecule has 0 aromatic heterocycles. The topological polar surface area (TPSA) is 3.24 Å². The number of fused-ring (bicyclic) bond motifs is 1. The number of anilines is 2. The van der Waals surface area contributed by atoms with E-state index in [4.69, 9.17) is 0 Å². The van der Waals surface area contributed by atoms with Gasteiger partial charge in [-0.2, -0.15) is 0 Å². The van der Waals surface area contributed by atoms with Crippen LogP contribution in [0.2, 0.25) is 0 Å². The smallest absolute Gasteiger partial charge is 0.0414 e. The summed E-state index contributed by atoms with van der Waals surface area (Å²) in [6.07, 6.45) is 0. The number of hydrogen-bond acceptors (Lipinski definition) is 1. The molecule has 122 valence electrons. The highest BCUT2D eigenvalue weighted by Crippen LogP contribution is 2.30. The van der Waals surface area contributed by atoms with Crippen molar-refractivity contribution in [2.75, 3.05) is 11.9 Å². The Hall–Kier alpha value is -3.06. The lowest BCUT2D eigenvalue weighted by Crippen LogP contribution is -2.09. The van der Waals surface area contributed by atoms with Crippen molar-refractivity contribution in [1.29, 1.82) is 0 Å². The highest BCUT2D eigenvalue weighted by molar-refractivity contribution is 5.89. The van der Waals surface area contributed by atoms with Crippen LogP contribution < -0.4 is 4.90 Å². The van der Waals surface area contributed by atoms with E-state index in [-0.39, 0.29) is 0 Å². The predicted octanol–water partition coefficient (Wildman–Crippen LogP) is 6.58. The molecule has 0 aliphatic carbocycles. The third-order valence-corrected chi connectivity index (χ3v) is 4.83. The first kappa shape index (κ1) is 15.5. The lowest BCUT2D eigenvalue weighted by molar-refractivity contribution is 1.21. The number of nitrogens with zero attached hydrogens (tertiary/aromatic N) is 1. The summed E-state index contributed by atoms with van der Waals surface area (Å²) < 4.78 is 0. The molecule has 0 bridgehead atoms. The zero-order valence-corrected chi connectivity index (χ0v) is 14.6. The molecule has 1 heteroatoms. The van der Waals surface area contributed by atoms with Crippen molar-refractivity contribution < 1.29 is 0 Å². The fourth-order valence-corrected chi connectivity index (χ4v) is 3.30. The summed E-state index contributed by atoms with van der Waals surface area (Å²) in [6, 6.07) is 32.4. The Morgan fingerprint density at radius 3 is 2.04 bits per heavy atom. The third kappa shape index (κ3) is 3.01. The summed E-state index contributed by atoms with van der Waals surface area (Å²) >= 11 is 0. The lowest BCUT2D eigenvalue weighted by atomic mass is 10.0. The zero-order valence-electron chi connectivity index (χ0n) is 14.6. The Morgan fingerprint density at radius 1 is 0.600 bits per heavy atom. The van der Waals surface area contributed by atoms with E-state index in [0.29, 0.717) is 0 Å². The van der Waals surface area contributed by atoms with Gasteiger partial charge in [0, 0.05) is 18.4 Å². The Labute approximate surface area is 149 Å². The highest BCUT2D eigenvalue weighted by atomic mass is 15.1. The second-order valence-corrected chi connectivity index (χ2v) is 6.45. The minimum absolute atomic E-state index is 1.19. The first-order valence-electron chi connectivity index (χ1n) is 8.61. The van der Waals surface area contributed by atoms with E-state index in [9.17, 15) is 0 Å². The van der Waals surface area contributed by atoms with E-state index in [1.165, 1.54) is 38.8 Å². The fraction of sp³-hybridized carbons (Fsp3) is 0.0833. The monoisotopic (exact) mass is 323 g/mol. The van der Waals surface area contributed by atoms with E-state index < -0.39 is 0 Å². The quantitative estimate of drug-likeness (QED) is 0.411. The second kappa shape index (κ2) is 6.45. The average molecular weight is 323 g/mol. The van der Waals surface area contributed by atoms with Crippen LogP contribution in [-0.4, -0.2) is 7.05 Å². The van der Waals surface area contributed by atoms with E-state index in [1.54, 1.807) is 0 Å². The first-order chi connectivity index (χ1) is 12.2. The molecule has 0 aliphatic heterocycles. The van der Waals surface area contributed by atoms with E-state index >= 15 is 0 Å². The predicted molar refractivity (Wildman–Crippen MR) is 109 cm³/mol. The molecule has 4 rings (SSSR count). The maximum atomic E-state index is 2.26. The number of benzene rings is 4.